The van der Waals surface area contributed by atoms with Crippen LogP contribution in [0.25, 0.3) is 10.9 Å². The van der Waals surface area contributed by atoms with Crippen molar-refractivity contribution < 1.29 is 4.39 Å². The molecule has 1 saturated carbocycles. The van der Waals surface area contributed by atoms with E-state index in [0.29, 0.717) is 28.2 Å². The van der Waals surface area contributed by atoms with Gasteiger partial charge in [0.05, 0.1) is 22.0 Å². The first-order valence-corrected chi connectivity index (χ1v) is 7.04. The molecule has 1 fully saturated rings. The summed E-state index contributed by atoms with van der Waals surface area (Å²) in [5.41, 5.74) is -0.00626. The lowest BCUT2D eigenvalue weighted by Gasteiger charge is -2.23. The molecule has 2 atom stereocenters. The summed E-state index contributed by atoms with van der Waals surface area (Å²) in [6.45, 7) is 5.91. The zero-order valence-corrected chi connectivity index (χ0v) is 12.4. The number of benzene rings is 1. The van der Waals surface area contributed by atoms with Crippen LogP contribution in [0.2, 0.25) is 5.02 Å². The number of hydrogen-bond acceptors (Lipinski definition) is 2. The van der Waals surface area contributed by atoms with E-state index in [2.05, 4.69) is 4.98 Å². The second-order valence-corrected chi connectivity index (χ2v) is 6.72. The van der Waals surface area contributed by atoms with Crippen LogP contribution in [0.15, 0.2) is 23.0 Å². The van der Waals surface area contributed by atoms with Crippen molar-refractivity contribution in [2.24, 2.45) is 0 Å². The van der Waals surface area contributed by atoms with Crippen molar-refractivity contribution in [2.45, 2.75) is 44.8 Å². The summed E-state index contributed by atoms with van der Waals surface area (Å²) in [6, 6.07) is 4.80. The van der Waals surface area contributed by atoms with Crippen molar-refractivity contribution in [1.82, 2.24) is 9.55 Å². The Bertz CT molecular complexity index is 748. The van der Waals surface area contributed by atoms with Crippen LogP contribution in [-0.4, -0.2) is 15.7 Å². The average molecular weight is 295 g/mol. The highest BCUT2D eigenvalue weighted by molar-refractivity contribution is 6.35. The highest BCUT2D eigenvalue weighted by Gasteiger charge is 2.43. The topological polar surface area (TPSA) is 34.9 Å². The van der Waals surface area contributed by atoms with Crippen molar-refractivity contribution in [3.63, 3.8) is 0 Å². The first-order valence-electron chi connectivity index (χ1n) is 6.66. The standard InChI is InChI=1S/C15H16ClFN2O/c1-15(2,3)14-18-10-6-4-5-8(16)12(10)13(20)19(14)11-7-9(11)17/h4-6,9,11H,7H2,1-3H3/t9-,11+/m0/s1. The fraction of sp³-hybridized carbons (Fsp3) is 0.467. The van der Waals surface area contributed by atoms with E-state index < -0.39 is 12.2 Å². The van der Waals surface area contributed by atoms with Crippen molar-refractivity contribution >= 4 is 22.5 Å². The molecule has 3 nitrogen and oxygen atoms in total. The van der Waals surface area contributed by atoms with Gasteiger partial charge in [0.2, 0.25) is 0 Å². The van der Waals surface area contributed by atoms with Gasteiger partial charge < -0.3 is 0 Å². The van der Waals surface area contributed by atoms with Crippen molar-refractivity contribution in [1.29, 1.82) is 0 Å². The van der Waals surface area contributed by atoms with Gasteiger partial charge in [-0.25, -0.2) is 9.37 Å². The number of hydrogen-bond donors (Lipinski definition) is 0. The summed E-state index contributed by atoms with van der Waals surface area (Å²) in [6.07, 6.45) is -0.587. The van der Waals surface area contributed by atoms with Crippen LogP contribution in [0.5, 0.6) is 0 Å². The SMILES string of the molecule is CC(C)(C)c1nc2cccc(Cl)c2c(=O)n1[C@@H]1C[C@@H]1F. The van der Waals surface area contributed by atoms with Gasteiger partial charge in [0.25, 0.3) is 5.56 Å². The van der Waals surface area contributed by atoms with E-state index in [1.165, 1.54) is 4.57 Å². The normalized spacial score (nSPS) is 22.2. The fourth-order valence-electron chi connectivity index (χ4n) is 2.46. The van der Waals surface area contributed by atoms with Crippen LogP contribution >= 0.6 is 11.6 Å². The van der Waals surface area contributed by atoms with Gasteiger partial charge >= 0.3 is 0 Å². The van der Waals surface area contributed by atoms with Gasteiger partial charge in [0, 0.05) is 11.8 Å². The minimum atomic E-state index is -0.962. The maximum absolute atomic E-state index is 13.5. The average Bonchev–Trinajstić information content (AvgIpc) is 3.04. The Morgan fingerprint density at radius 2 is 2.05 bits per heavy atom. The van der Waals surface area contributed by atoms with E-state index in [-0.39, 0.29) is 11.0 Å². The maximum Gasteiger partial charge on any atom is 0.263 e. The van der Waals surface area contributed by atoms with E-state index in [4.69, 9.17) is 11.6 Å². The minimum absolute atomic E-state index is 0.240. The lowest BCUT2D eigenvalue weighted by atomic mass is 9.95. The molecular formula is C15H16ClFN2O. The molecule has 0 N–H and O–H groups in total. The minimum Gasteiger partial charge on any atom is -0.289 e. The van der Waals surface area contributed by atoms with Crippen LogP contribution in [0.4, 0.5) is 4.39 Å². The first-order chi connectivity index (χ1) is 9.30. The molecule has 1 aliphatic carbocycles. The number of rotatable bonds is 1. The predicted octanol–water partition coefficient (Wildman–Crippen LogP) is 3.63. The van der Waals surface area contributed by atoms with Gasteiger partial charge in [-0.2, -0.15) is 0 Å². The van der Waals surface area contributed by atoms with Crippen molar-refractivity contribution in [3.8, 4) is 0 Å². The molecule has 0 unspecified atom stereocenters. The second kappa shape index (κ2) is 4.29. The lowest BCUT2D eigenvalue weighted by Crippen LogP contribution is -2.31. The molecule has 2 aromatic rings. The zero-order chi connectivity index (χ0) is 14.7. The quantitative estimate of drug-likeness (QED) is 0.805. The summed E-state index contributed by atoms with van der Waals surface area (Å²) in [5.74, 6) is 0.613. The smallest absolute Gasteiger partial charge is 0.263 e. The van der Waals surface area contributed by atoms with Crippen LogP contribution in [-0.2, 0) is 5.41 Å². The predicted molar refractivity (Wildman–Crippen MR) is 78.3 cm³/mol. The highest BCUT2D eigenvalue weighted by atomic mass is 35.5. The summed E-state index contributed by atoms with van der Waals surface area (Å²) < 4.78 is 15.0. The Hall–Kier alpha value is -1.42. The Morgan fingerprint density at radius 1 is 1.40 bits per heavy atom. The number of nitrogens with zero attached hydrogens (tertiary/aromatic N) is 2. The molecule has 0 bridgehead atoms. The Labute approximate surface area is 121 Å². The monoisotopic (exact) mass is 294 g/mol. The van der Waals surface area contributed by atoms with E-state index >= 15 is 0 Å². The number of halogens is 2. The second-order valence-electron chi connectivity index (χ2n) is 6.31. The molecule has 1 aromatic carbocycles. The maximum atomic E-state index is 13.5. The summed E-state index contributed by atoms with van der Waals surface area (Å²) in [5, 5.41) is 0.742. The molecule has 1 heterocycles. The molecule has 5 heteroatoms. The molecule has 0 spiro atoms. The van der Waals surface area contributed by atoms with Gasteiger partial charge in [-0.15, -0.1) is 0 Å². The van der Waals surface area contributed by atoms with E-state index in [0.717, 1.165) is 0 Å². The van der Waals surface area contributed by atoms with Gasteiger partial charge in [-0.3, -0.25) is 9.36 Å². The van der Waals surface area contributed by atoms with Gasteiger partial charge in [0.15, 0.2) is 0 Å². The highest BCUT2D eigenvalue weighted by Crippen LogP contribution is 2.40. The molecule has 0 saturated heterocycles. The fourth-order valence-corrected chi connectivity index (χ4v) is 2.71. The molecule has 1 aliphatic rings. The van der Waals surface area contributed by atoms with Crippen LogP contribution in [0.3, 0.4) is 0 Å². The zero-order valence-electron chi connectivity index (χ0n) is 11.7. The van der Waals surface area contributed by atoms with Gasteiger partial charge in [-0.05, 0) is 12.1 Å². The molecule has 0 aliphatic heterocycles. The van der Waals surface area contributed by atoms with E-state index in [1.807, 2.05) is 20.8 Å². The summed E-state index contributed by atoms with van der Waals surface area (Å²) in [7, 11) is 0. The van der Waals surface area contributed by atoms with E-state index in [9.17, 15) is 9.18 Å². The van der Waals surface area contributed by atoms with Gasteiger partial charge in [-0.1, -0.05) is 38.4 Å². The Morgan fingerprint density at radius 3 is 2.60 bits per heavy atom. The van der Waals surface area contributed by atoms with Crippen LogP contribution < -0.4 is 5.56 Å². The summed E-state index contributed by atoms with van der Waals surface area (Å²) in [4.78, 5) is 17.3. The van der Waals surface area contributed by atoms with E-state index in [1.54, 1.807) is 18.2 Å². The lowest BCUT2D eigenvalue weighted by molar-refractivity contribution is 0.414. The third-order valence-corrected chi connectivity index (χ3v) is 3.88. The molecule has 0 radical (unpaired) electrons. The number of aromatic nitrogens is 2. The molecule has 106 valence electrons. The Balaban J connectivity index is 2.41. The first kappa shape index (κ1) is 13.6. The number of alkyl halides is 1. The largest absolute Gasteiger partial charge is 0.289 e. The van der Waals surface area contributed by atoms with Crippen molar-refractivity contribution in [2.75, 3.05) is 0 Å². The third-order valence-electron chi connectivity index (χ3n) is 3.56. The van der Waals surface area contributed by atoms with Crippen LogP contribution in [0.1, 0.15) is 39.1 Å². The molecule has 3 rings (SSSR count). The molecular weight excluding hydrogens is 279 g/mol. The molecule has 0 amide bonds. The van der Waals surface area contributed by atoms with Crippen molar-refractivity contribution in [3.05, 3.63) is 39.4 Å². The molecule has 20 heavy (non-hydrogen) atoms. The number of fused-ring (bicyclic) bond motifs is 1. The van der Waals surface area contributed by atoms with Gasteiger partial charge in [0.1, 0.15) is 12.0 Å². The molecule has 1 aromatic heterocycles. The Kier molecular flexibility index (Phi) is 2.91. The van der Waals surface area contributed by atoms with Crippen LogP contribution in [0, 0.1) is 0 Å². The third kappa shape index (κ3) is 2.03. The summed E-state index contributed by atoms with van der Waals surface area (Å²) >= 11 is 6.12.